The monoisotopic (exact) mass is 1330 g/mol. The van der Waals surface area contributed by atoms with Crippen LogP contribution < -0.4 is 49.3 Å². The molecular weight excluding hydrogens is 1240 g/mol. The Labute approximate surface area is 541 Å². The minimum absolute atomic E-state index is 0. The van der Waals surface area contributed by atoms with Gasteiger partial charge in [-0.3, -0.25) is 42.6 Å². The standard InChI is InChI=1S/C62H92N13O14P.Co/c1-29-20-39-40(21-30(29)2)75(28-70-39)57-52(84)53(41(27-76)87-57)89-90(85,86)88-31(3)26-69-49(83)18-19-59(8)37(22-46(66)80)56-62(11)61(10,25-48(68)82)36(14-17-45(65)79)51(74-62)33(5)55-60(9,24-47(67)81)34(12-15-43(63)77)38(71-55)23-42-58(6,7)35(13-16-44(64)78)50(72-42)32(4)54(59)73-56;/h20-21,23,28,31,34-38,41,50-53,56-57,76,84H,12-19,22,24-27H2,1-11H3,(H14,63,64,65,66,67,68,69,77,78,79,80,81,82,83,85,86);/q-4;/b42-23-,54-32-,55-33-;/t31-,34-,35-,36-,37+,38?,41-,50?,51?,52-,53-,56?,57+,59-,60+,61+,62+;/m1./s1. The fourth-order valence-electron chi connectivity index (χ4n) is 16.1. The minimum atomic E-state index is -5.06. The van der Waals surface area contributed by atoms with Crippen molar-refractivity contribution in [3.05, 3.63) is 85.2 Å². The number of aliphatic hydroxyl groups is 2. The summed E-state index contributed by atoms with van der Waals surface area (Å²) in [5.41, 5.74) is 36.2. The first-order valence-corrected chi connectivity index (χ1v) is 32.4. The first kappa shape index (κ1) is 72.5. The van der Waals surface area contributed by atoms with Crippen molar-refractivity contribution >= 4 is 60.2 Å². The summed E-state index contributed by atoms with van der Waals surface area (Å²) >= 11 is 0. The van der Waals surface area contributed by atoms with E-state index in [0.29, 0.717) is 39.3 Å². The molecule has 29 heteroatoms. The van der Waals surface area contributed by atoms with Gasteiger partial charge in [0.25, 0.3) is 0 Å². The molecule has 16 N–H and O–H groups in total. The zero-order chi connectivity index (χ0) is 66.7. The number of aromatic nitrogens is 2. The van der Waals surface area contributed by atoms with Crippen molar-refractivity contribution in [3.63, 3.8) is 0 Å². The number of nitrogens with two attached hydrogens (primary N) is 6. The number of aryl methyl sites for hydroxylation is 2. The number of carbonyl (C=O) groups excluding carboxylic acids is 7. The third kappa shape index (κ3) is 14.0. The molecule has 8 bridgehead atoms. The topological polar surface area (TPSA) is 467 Å². The van der Waals surface area contributed by atoms with E-state index in [1.807, 2.05) is 87.4 Å². The van der Waals surface area contributed by atoms with E-state index < -0.39 is 161 Å². The van der Waals surface area contributed by atoms with E-state index in [1.165, 1.54) is 13.3 Å². The van der Waals surface area contributed by atoms with Crippen LogP contribution in [0.25, 0.3) is 32.3 Å². The number of phosphoric acid groups is 1. The predicted molar refractivity (Wildman–Crippen MR) is 331 cm³/mol. The fraction of sp³-hybridized carbons (Fsp3) is 0.677. The number of nitrogens with zero attached hydrogens (tertiary/aromatic N) is 6. The number of phosphoric ester groups is 1. The summed E-state index contributed by atoms with van der Waals surface area (Å²) < 4.78 is 32.3. The zero-order valence-electron chi connectivity index (χ0n) is 53.8. The molecule has 1 radical (unpaired) electrons. The summed E-state index contributed by atoms with van der Waals surface area (Å²) in [7, 11) is -5.06. The molecule has 6 aliphatic rings. The number of nitrogens with one attached hydrogen (secondary N) is 1. The van der Waals surface area contributed by atoms with E-state index in [9.17, 15) is 53.2 Å². The molecule has 2 aromatic rings. The number of aliphatic hydroxyl groups excluding tert-OH is 2. The molecule has 5 fully saturated rings. The fourth-order valence-corrected chi connectivity index (χ4v) is 17.3. The van der Waals surface area contributed by atoms with E-state index in [1.54, 1.807) is 4.57 Å². The Balaban J connectivity index is 0.0000118. The molecule has 0 spiro atoms. The quantitative estimate of drug-likeness (QED) is 0.0472. The van der Waals surface area contributed by atoms with Gasteiger partial charge in [-0.15, -0.1) is 34.8 Å². The van der Waals surface area contributed by atoms with E-state index in [2.05, 4.69) is 10.3 Å². The number of fused-ring (bicyclic) bond motifs is 10. The number of hydrogen-bond donors (Lipinski definition) is 10. The van der Waals surface area contributed by atoms with Gasteiger partial charge in [0.2, 0.25) is 41.4 Å². The van der Waals surface area contributed by atoms with Gasteiger partial charge in [-0.2, -0.15) is 17.1 Å². The third-order valence-electron chi connectivity index (χ3n) is 21.2. The van der Waals surface area contributed by atoms with Crippen molar-refractivity contribution < 1.29 is 88.4 Å². The molecule has 5 saturated heterocycles. The van der Waals surface area contributed by atoms with Gasteiger partial charge in [0.15, 0.2) is 6.23 Å². The van der Waals surface area contributed by atoms with Crippen LogP contribution in [0.3, 0.4) is 0 Å². The molecular formula is C62H92CoN13O14P-4. The molecule has 7 heterocycles. The average molecular weight is 1330 g/mol. The number of rotatable bonds is 26. The summed E-state index contributed by atoms with van der Waals surface area (Å²) in [6, 6.07) is 0.417. The van der Waals surface area contributed by atoms with E-state index >= 15 is 0 Å². The molecule has 5 unspecified atom stereocenters. The van der Waals surface area contributed by atoms with Gasteiger partial charge in [-0.25, -0.2) is 9.55 Å². The maximum atomic E-state index is 14.4. The van der Waals surface area contributed by atoms with Crippen LogP contribution in [0.15, 0.2) is 52.8 Å². The van der Waals surface area contributed by atoms with Gasteiger partial charge in [-0.1, -0.05) is 53.6 Å². The van der Waals surface area contributed by atoms with Crippen molar-refractivity contribution in [2.75, 3.05) is 13.2 Å². The first-order chi connectivity index (χ1) is 41.8. The van der Waals surface area contributed by atoms with Crippen LogP contribution in [0.2, 0.25) is 0 Å². The molecule has 1 aromatic heterocycles. The number of primary amides is 6. The number of allylic oxidation sites excluding steroid dienone is 3. The second-order valence-electron chi connectivity index (χ2n) is 27.5. The Morgan fingerprint density at radius 1 is 0.736 bits per heavy atom. The molecule has 0 aliphatic carbocycles. The summed E-state index contributed by atoms with van der Waals surface area (Å²) in [4.78, 5) is 109. The number of carbonyl (C=O) groups is 7. The maximum absolute atomic E-state index is 14.4. The van der Waals surface area contributed by atoms with Crippen LogP contribution in [-0.2, 0) is 68.7 Å². The SMILES string of the molecule is C/C1=C2/[N-]C([C@H](CC(N)=O)[C@@]2(C)CCC(=O)NC[C@@H](C)OP(=O)(O)O[C@H]2[C@@H](O)[C@@H]([n+]3c[n-]c4cc(C)c(C)cc43)O[C@@H]2CO)[C@]2(C)[N-]C(/C(C)=C3\[N-]C(/C=C4\[N-]C1[C@@H](CCC(N)=O)C4(C)C)[C@@H](CCC(N)=O)[C@]3(C)CC(N)=O)[C@@H](CCC(N)=O)[C@]2(C)CC(N)=O.[Co]. The van der Waals surface area contributed by atoms with Crippen LogP contribution in [0.1, 0.15) is 150 Å². The molecule has 6 aliphatic heterocycles. The molecule has 507 valence electrons. The Bertz CT molecular complexity index is 3340. The number of ether oxygens (including phenoxy) is 1. The Kier molecular flexibility index (Phi) is 21.7. The van der Waals surface area contributed by atoms with Crippen molar-refractivity contribution in [1.82, 2.24) is 10.3 Å². The smallest absolute Gasteiger partial charge is 0.472 e. The molecule has 8 rings (SSSR count). The van der Waals surface area contributed by atoms with Crippen LogP contribution in [0.5, 0.6) is 0 Å². The molecule has 1 aromatic carbocycles. The van der Waals surface area contributed by atoms with Crippen LogP contribution >= 0.6 is 7.82 Å². The van der Waals surface area contributed by atoms with Crippen molar-refractivity contribution in [2.45, 2.75) is 207 Å². The Hall–Kier alpha value is -5.94. The second-order valence-corrected chi connectivity index (χ2v) is 28.9. The average Bonchev–Trinajstić information content (AvgIpc) is 1.53. The van der Waals surface area contributed by atoms with Gasteiger partial charge in [0.05, 0.1) is 30.1 Å². The van der Waals surface area contributed by atoms with Gasteiger partial charge in [-0.05, 0) is 129 Å². The van der Waals surface area contributed by atoms with Gasteiger partial charge < -0.3 is 85.4 Å². The Morgan fingerprint density at radius 3 is 1.89 bits per heavy atom. The van der Waals surface area contributed by atoms with Crippen molar-refractivity contribution in [3.8, 4) is 0 Å². The van der Waals surface area contributed by atoms with E-state index in [0.717, 1.165) is 11.1 Å². The zero-order valence-corrected chi connectivity index (χ0v) is 55.7. The number of benzene rings is 1. The number of amides is 7. The Morgan fingerprint density at radius 2 is 1.31 bits per heavy atom. The van der Waals surface area contributed by atoms with Crippen LogP contribution in [0.4, 0.5) is 0 Å². The molecule has 0 saturated carbocycles. The maximum Gasteiger partial charge on any atom is 0.472 e. The van der Waals surface area contributed by atoms with Crippen molar-refractivity contribution in [2.24, 2.45) is 79.7 Å². The number of hydrogen-bond acceptors (Lipinski definition) is 13. The number of imidazole rings is 1. The van der Waals surface area contributed by atoms with Crippen molar-refractivity contribution in [1.29, 1.82) is 0 Å². The summed E-state index contributed by atoms with van der Waals surface area (Å²) in [6.45, 7) is 19.5. The van der Waals surface area contributed by atoms with Crippen LogP contribution in [0, 0.1) is 59.2 Å². The molecule has 18 atom stereocenters. The molecule has 91 heavy (non-hydrogen) atoms. The second kappa shape index (κ2) is 27.2. The summed E-state index contributed by atoms with van der Waals surface area (Å²) in [5.74, 6) is -6.86. The summed E-state index contributed by atoms with van der Waals surface area (Å²) in [6.07, 6.45) is -3.96. The van der Waals surface area contributed by atoms with E-state index in [-0.39, 0.29) is 94.0 Å². The largest absolute Gasteiger partial charge is 0.685 e. The third-order valence-corrected chi connectivity index (χ3v) is 22.3. The normalized spacial score (nSPS) is 36.3. The van der Waals surface area contributed by atoms with E-state index in [4.69, 9.17) is 69.5 Å². The van der Waals surface area contributed by atoms with Gasteiger partial charge in [0, 0.05) is 68.3 Å². The summed E-state index contributed by atoms with van der Waals surface area (Å²) in [5, 5.41) is 46.9. The minimum Gasteiger partial charge on any atom is -0.685 e. The first-order valence-electron chi connectivity index (χ1n) is 30.9. The molecule has 27 nitrogen and oxygen atoms in total. The van der Waals surface area contributed by atoms with Gasteiger partial charge in [0.1, 0.15) is 18.3 Å². The van der Waals surface area contributed by atoms with Gasteiger partial charge >= 0.3 is 7.82 Å². The molecule has 7 amide bonds. The van der Waals surface area contributed by atoms with Crippen LogP contribution in [-0.4, -0.2) is 124 Å². The predicted octanol–water partition coefficient (Wildman–Crippen LogP) is 3.90.